The van der Waals surface area contributed by atoms with Crippen LogP contribution in [0.2, 0.25) is 0 Å². The lowest BCUT2D eigenvalue weighted by Crippen LogP contribution is -2.33. The number of benzene rings is 2. The normalized spacial score (nSPS) is 16.7. The molecule has 0 fully saturated rings. The lowest BCUT2D eigenvalue weighted by molar-refractivity contribution is -0.129. The number of amides is 1. The predicted octanol–water partition coefficient (Wildman–Crippen LogP) is 3.70. The smallest absolute Gasteiger partial charge is 0.290 e. The van der Waals surface area contributed by atoms with Gasteiger partial charge in [0.15, 0.2) is 11.5 Å². The summed E-state index contributed by atoms with van der Waals surface area (Å²) >= 11 is 0. The van der Waals surface area contributed by atoms with E-state index in [0.29, 0.717) is 24.3 Å². The van der Waals surface area contributed by atoms with Crippen LogP contribution in [-0.4, -0.2) is 40.3 Å². The molecule has 1 aliphatic heterocycles. The molecule has 29 heavy (non-hydrogen) atoms. The summed E-state index contributed by atoms with van der Waals surface area (Å²) < 4.78 is 5.45. The molecule has 1 amide bonds. The monoisotopic (exact) mass is 390 g/mol. The van der Waals surface area contributed by atoms with Crippen LogP contribution in [0.15, 0.2) is 66.1 Å². The minimum atomic E-state index is -0.679. The van der Waals surface area contributed by atoms with Gasteiger partial charge in [0.2, 0.25) is 0 Å². The molecular formula is C23H22N2O4. The Bertz CT molecular complexity index is 1130. The van der Waals surface area contributed by atoms with Crippen LogP contribution in [0, 0.1) is 0 Å². The second-order valence-electron chi connectivity index (χ2n) is 7.07. The van der Waals surface area contributed by atoms with Crippen LogP contribution in [0.5, 0.6) is 5.75 Å². The van der Waals surface area contributed by atoms with Crippen molar-refractivity contribution in [2.75, 3.05) is 13.7 Å². The lowest BCUT2D eigenvalue weighted by Gasteiger charge is -2.27. The predicted molar refractivity (Wildman–Crippen MR) is 110 cm³/mol. The number of Topliss-reactive ketones (excluding diaryl/α,β-unsaturated/α-hetero) is 1. The van der Waals surface area contributed by atoms with E-state index in [9.17, 15) is 14.7 Å². The van der Waals surface area contributed by atoms with Crippen LogP contribution >= 0.6 is 0 Å². The van der Waals surface area contributed by atoms with Crippen molar-refractivity contribution in [2.45, 2.75) is 19.4 Å². The first kappa shape index (κ1) is 18.8. The summed E-state index contributed by atoms with van der Waals surface area (Å²) in [6.07, 6.45) is 2.52. The van der Waals surface area contributed by atoms with Crippen molar-refractivity contribution in [3.63, 3.8) is 0 Å². The van der Waals surface area contributed by atoms with Crippen molar-refractivity contribution in [2.24, 2.45) is 0 Å². The highest BCUT2D eigenvalue weighted by Gasteiger charge is 2.43. The first-order valence-corrected chi connectivity index (χ1v) is 9.46. The van der Waals surface area contributed by atoms with Crippen LogP contribution in [0.1, 0.15) is 24.1 Å². The molecule has 0 radical (unpaired) electrons. The molecule has 6 heteroatoms. The molecule has 148 valence electrons. The second-order valence-corrected chi connectivity index (χ2v) is 7.07. The molecule has 0 spiro atoms. The Kier molecular flexibility index (Phi) is 4.84. The average Bonchev–Trinajstić information content (AvgIpc) is 3.25. The highest BCUT2D eigenvalue weighted by molar-refractivity contribution is 6.08. The number of hydrogen-bond donors (Lipinski definition) is 2. The van der Waals surface area contributed by atoms with Gasteiger partial charge in [-0.1, -0.05) is 36.4 Å². The molecule has 2 heterocycles. The molecule has 1 aromatic heterocycles. The van der Waals surface area contributed by atoms with Crippen LogP contribution in [0.4, 0.5) is 0 Å². The molecule has 1 atom stereocenters. The number of aliphatic hydroxyl groups is 1. The van der Waals surface area contributed by atoms with E-state index in [1.165, 1.54) is 6.92 Å². The van der Waals surface area contributed by atoms with Crippen LogP contribution in [0.25, 0.3) is 10.9 Å². The Morgan fingerprint density at radius 2 is 1.90 bits per heavy atom. The summed E-state index contributed by atoms with van der Waals surface area (Å²) in [4.78, 5) is 29.9. The number of para-hydroxylation sites is 2. The van der Waals surface area contributed by atoms with Gasteiger partial charge in [0.1, 0.15) is 5.75 Å². The molecule has 0 saturated heterocycles. The SMILES string of the molecule is COc1ccccc1[C@@H]1C(C(C)=O)=C(O)C(=O)N1CCc1c[nH]c2ccccc12. The van der Waals surface area contributed by atoms with E-state index in [0.717, 1.165) is 16.5 Å². The Morgan fingerprint density at radius 1 is 1.17 bits per heavy atom. The minimum absolute atomic E-state index is 0.110. The first-order chi connectivity index (χ1) is 14.0. The number of aromatic nitrogens is 1. The van der Waals surface area contributed by atoms with Crippen LogP contribution < -0.4 is 4.74 Å². The Balaban J connectivity index is 1.71. The van der Waals surface area contributed by atoms with E-state index >= 15 is 0 Å². The van der Waals surface area contributed by atoms with Gasteiger partial charge in [-0.15, -0.1) is 0 Å². The molecular weight excluding hydrogens is 368 g/mol. The van der Waals surface area contributed by atoms with E-state index in [-0.39, 0.29) is 11.4 Å². The summed E-state index contributed by atoms with van der Waals surface area (Å²) in [6, 6.07) is 14.5. The van der Waals surface area contributed by atoms with Gasteiger partial charge in [0.25, 0.3) is 5.91 Å². The van der Waals surface area contributed by atoms with Crippen molar-refractivity contribution in [1.82, 2.24) is 9.88 Å². The molecule has 2 aromatic carbocycles. The molecule has 3 aromatic rings. The number of aliphatic hydroxyl groups excluding tert-OH is 1. The number of H-pyrrole nitrogens is 1. The third kappa shape index (κ3) is 3.16. The number of ketones is 1. The number of hydrogen-bond acceptors (Lipinski definition) is 4. The van der Waals surface area contributed by atoms with E-state index in [1.807, 2.05) is 48.7 Å². The topological polar surface area (TPSA) is 82.6 Å². The highest BCUT2D eigenvalue weighted by atomic mass is 16.5. The Labute approximate surface area is 168 Å². The standard InChI is InChI=1S/C23H22N2O4/c1-14(26)20-21(17-8-4-6-10-19(17)29-2)25(23(28)22(20)27)12-11-15-13-24-18-9-5-3-7-16(15)18/h3-10,13,21,24,27H,11-12H2,1-2H3/t21-/m1/s1. The fourth-order valence-electron chi connectivity index (χ4n) is 4.04. The molecule has 0 unspecified atom stereocenters. The van der Waals surface area contributed by atoms with Gasteiger partial charge in [-0.2, -0.15) is 0 Å². The quantitative estimate of drug-likeness (QED) is 0.672. The number of rotatable bonds is 6. The zero-order valence-corrected chi connectivity index (χ0v) is 16.3. The number of fused-ring (bicyclic) bond motifs is 1. The summed E-state index contributed by atoms with van der Waals surface area (Å²) in [6.45, 7) is 1.72. The van der Waals surface area contributed by atoms with Crippen molar-refractivity contribution >= 4 is 22.6 Å². The second kappa shape index (κ2) is 7.47. The summed E-state index contributed by atoms with van der Waals surface area (Å²) in [5.74, 6) is -0.782. The lowest BCUT2D eigenvalue weighted by atomic mass is 9.95. The van der Waals surface area contributed by atoms with Gasteiger partial charge in [-0.3, -0.25) is 9.59 Å². The number of methoxy groups -OCH3 is 1. The number of nitrogens with zero attached hydrogens (tertiary/aromatic N) is 1. The molecule has 0 saturated carbocycles. The molecule has 1 aliphatic rings. The Morgan fingerprint density at radius 3 is 2.66 bits per heavy atom. The fraction of sp³-hybridized carbons (Fsp3) is 0.217. The third-order valence-corrected chi connectivity index (χ3v) is 5.41. The number of ether oxygens (including phenoxy) is 1. The maximum atomic E-state index is 12.8. The van der Waals surface area contributed by atoms with Gasteiger partial charge < -0.3 is 19.7 Å². The number of carbonyl (C=O) groups is 2. The maximum absolute atomic E-state index is 12.8. The minimum Gasteiger partial charge on any atom is -0.503 e. The van der Waals surface area contributed by atoms with Crippen molar-refractivity contribution < 1.29 is 19.4 Å². The molecule has 0 aliphatic carbocycles. The van der Waals surface area contributed by atoms with Crippen LogP contribution in [0.3, 0.4) is 0 Å². The van der Waals surface area contributed by atoms with Gasteiger partial charge in [0, 0.05) is 29.2 Å². The molecule has 0 bridgehead atoms. The average molecular weight is 390 g/mol. The third-order valence-electron chi connectivity index (χ3n) is 5.41. The number of nitrogens with one attached hydrogen (secondary N) is 1. The maximum Gasteiger partial charge on any atom is 0.290 e. The summed E-state index contributed by atoms with van der Waals surface area (Å²) in [7, 11) is 1.54. The van der Waals surface area contributed by atoms with E-state index < -0.39 is 17.7 Å². The van der Waals surface area contributed by atoms with Gasteiger partial charge in [-0.05, 0) is 31.0 Å². The van der Waals surface area contributed by atoms with Crippen molar-refractivity contribution in [3.05, 3.63) is 77.2 Å². The molecule has 4 rings (SSSR count). The zero-order chi connectivity index (χ0) is 20.5. The van der Waals surface area contributed by atoms with E-state index in [2.05, 4.69) is 4.98 Å². The van der Waals surface area contributed by atoms with Gasteiger partial charge in [0.05, 0.1) is 18.7 Å². The molecule has 6 nitrogen and oxygen atoms in total. The van der Waals surface area contributed by atoms with Crippen LogP contribution in [-0.2, 0) is 16.0 Å². The summed E-state index contributed by atoms with van der Waals surface area (Å²) in [5, 5.41) is 11.5. The molecule has 2 N–H and O–H groups in total. The van der Waals surface area contributed by atoms with E-state index in [4.69, 9.17) is 4.74 Å². The van der Waals surface area contributed by atoms with Crippen molar-refractivity contribution in [3.8, 4) is 5.75 Å². The number of carbonyl (C=O) groups excluding carboxylic acids is 2. The Hall–Kier alpha value is -3.54. The van der Waals surface area contributed by atoms with Gasteiger partial charge >= 0.3 is 0 Å². The number of aromatic amines is 1. The highest BCUT2D eigenvalue weighted by Crippen LogP contribution is 2.41. The van der Waals surface area contributed by atoms with E-state index in [1.54, 1.807) is 18.1 Å². The fourth-order valence-corrected chi connectivity index (χ4v) is 4.04. The van der Waals surface area contributed by atoms with Gasteiger partial charge in [-0.25, -0.2) is 0 Å². The zero-order valence-electron chi connectivity index (χ0n) is 16.3. The largest absolute Gasteiger partial charge is 0.503 e. The first-order valence-electron chi connectivity index (χ1n) is 9.46. The van der Waals surface area contributed by atoms with Crippen molar-refractivity contribution in [1.29, 1.82) is 0 Å². The summed E-state index contributed by atoms with van der Waals surface area (Å²) in [5.41, 5.74) is 2.89.